The van der Waals surface area contributed by atoms with E-state index >= 15 is 0 Å². The topological polar surface area (TPSA) is 56.1 Å². The first kappa shape index (κ1) is 15.3. The fourth-order valence-corrected chi connectivity index (χ4v) is 3.06. The molecule has 0 unspecified atom stereocenters. The van der Waals surface area contributed by atoms with E-state index in [0.717, 1.165) is 11.3 Å². The minimum absolute atomic E-state index is 0.102. The number of thiophene rings is 1. The van der Waals surface area contributed by atoms with E-state index in [1.807, 2.05) is 59.6 Å². The fourth-order valence-electron chi connectivity index (χ4n) is 2.25. The lowest BCUT2D eigenvalue weighted by atomic mass is 10.2. The number of hydrogen-bond donors (Lipinski definition) is 1. The molecule has 6 heteroatoms. The van der Waals surface area contributed by atoms with Gasteiger partial charge in [-0.1, -0.05) is 6.07 Å². The summed E-state index contributed by atoms with van der Waals surface area (Å²) < 4.78 is 7.41. The molecular weight excluding hydrogens is 310 g/mol. The lowest BCUT2D eigenvalue weighted by molar-refractivity contribution is 0.0954. The first-order valence-corrected chi connectivity index (χ1v) is 8.23. The number of pyridine rings is 1. The summed E-state index contributed by atoms with van der Waals surface area (Å²) in [5, 5.41) is 4.86. The lowest BCUT2D eigenvalue weighted by Crippen LogP contribution is -2.23. The summed E-state index contributed by atoms with van der Waals surface area (Å²) >= 11 is 1.43. The van der Waals surface area contributed by atoms with Crippen LogP contribution in [0.2, 0.25) is 0 Å². The summed E-state index contributed by atoms with van der Waals surface area (Å²) in [5.74, 6) is 0.460. The molecule has 0 saturated heterocycles. The Balaban J connectivity index is 1.73. The quantitative estimate of drug-likeness (QED) is 0.756. The number of rotatable bonds is 6. The molecule has 0 spiro atoms. The Morgan fingerprint density at radius 1 is 1.30 bits per heavy atom. The van der Waals surface area contributed by atoms with Crippen molar-refractivity contribution in [2.24, 2.45) is 0 Å². The maximum atomic E-state index is 12.5. The SMILES string of the molecule is CCOc1ncccc1CNC(=O)c1sccc1-n1cccc1. The third kappa shape index (κ3) is 3.43. The van der Waals surface area contributed by atoms with Gasteiger partial charge >= 0.3 is 0 Å². The van der Waals surface area contributed by atoms with Crippen LogP contribution in [-0.2, 0) is 6.54 Å². The number of amides is 1. The molecule has 0 aromatic carbocycles. The normalized spacial score (nSPS) is 10.5. The highest BCUT2D eigenvalue weighted by molar-refractivity contribution is 7.12. The Morgan fingerprint density at radius 3 is 2.91 bits per heavy atom. The molecule has 3 aromatic heterocycles. The number of nitrogens with zero attached hydrogens (tertiary/aromatic N) is 2. The van der Waals surface area contributed by atoms with E-state index < -0.39 is 0 Å². The average molecular weight is 327 g/mol. The molecular formula is C17H17N3O2S. The molecule has 0 aliphatic heterocycles. The van der Waals surface area contributed by atoms with Gasteiger partial charge in [-0.3, -0.25) is 4.79 Å². The Morgan fingerprint density at radius 2 is 2.13 bits per heavy atom. The van der Waals surface area contributed by atoms with Crippen molar-refractivity contribution in [1.29, 1.82) is 0 Å². The fraction of sp³-hybridized carbons (Fsp3) is 0.176. The van der Waals surface area contributed by atoms with E-state index in [1.54, 1.807) is 6.20 Å². The highest BCUT2D eigenvalue weighted by atomic mass is 32.1. The van der Waals surface area contributed by atoms with Gasteiger partial charge in [-0.05, 0) is 36.6 Å². The molecule has 0 aliphatic rings. The zero-order valence-electron chi connectivity index (χ0n) is 12.7. The van der Waals surface area contributed by atoms with Gasteiger partial charge in [0.15, 0.2) is 0 Å². The third-order valence-corrected chi connectivity index (χ3v) is 4.21. The molecule has 3 heterocycles. The molecule has 0 saturated carbocycles. The predicted molar refractivity (Wildman–Crippen MR) is 90.2 cm³/mol. The monoisotopic (exact) mass is 327 g/mol. The van der Waals surface area contributed by atoms with Gasteiger partial charge in [0, 0.05) is 30.7 Å². The summed E-state index contributed by atoms with van der Waals surface area (Å²) in [6.45, 7) is 2.83. The summed E-state index contributed by atoms with van der Waals surface area (Å²) in [5.41, 5.74) is 1.75. The summed E-state index contributed by atoms with van der Waals surface area (Å²) in [6, 6.07) is 9.54. The Hall–Kier alpha value is -2.60. The van der Waals surface area contributed by atoms with Gasteiger partial charge in [-0.25, -0.2) is 4.98 Å². The molecule has 3 aromatic rings. The highest BCUT2D eigenvalue weighted by Crippen LogP contribution is 2.22. The number of hydrogen-bond acceptors (Lipinski definition) is 4. The van der Waals surface area contributed by atoms with Gasteiger partial charge in [-0.2, -0.15) is 0 Å². The van der Waals surface area contributed by atoms with Crippen LogP contribution in [0.15, 0.2) is 54.3 Å². The average Bonchev–Trinajstić information content (AvgIpc) is 3.24. The van der Waals surface area contributed by atoms with Gasteiger partial charge in [0.2, 0.25) is 5.88 Å². The van der Waals surface area contributed by atoms with Crippen LogP contribution in [0, 0.1) is 0 Å². The van der Waals surface area contributed by atoms with E-state index in [0.29, 0.717) is 23.9 Å². The highest BCUT2D eigenvalue weighted by Gasteiger charge is 2.15. The number of aromatic nitrogens is 2. The van der Waals surface area contributed by atoms with Crippen LogP contribution in [0.4, 0.5) is 0 Å². The zero-order chi connectivity index (χ0) is 16.1. The predicted octanol–water partition coefficient (Wildman–Crippen LogP) is 3.26. The van der Waals surface area contributed by atoms with Gasteiger partial charge in [-0.15, -0.1) is 11.3 Å². The van der Waals surface area contributed by atoms with Crippen LogP contribution in [0.3, 0.4) is 0 Å². The Labute approximate surface area is 138 Å². The van der Waals surface area contributed by atoms with E-state index in [4.69, 9.17) is 4.74 Å². The van der Waals surface area contributed by atoms with E-state index in [1.165, 1.54) is 11.3 Å². The second-order valence-corrected chi connectivity index (χ2v) is 5.72. The maximum absolute atomic E-state index is 12.5. The summed E-state index contributed by atoms with van der Waals surface area (Å²) in [6.07, 6.45) is 5.53. The van der Waals surface area contributed by atoms with Crippen molar-refractivity contribution >= 4 is 17.2 Å². The largest absolute Gasteiger partial charge is 0.478 e. The first-order valence-electron chi connectivity index (χ1n) is 7.35. The second-order valence-electron chi connectivity index (χ2n) is 4.81. The number of carbonyl (C=O) groups excluding carboxylic acids is 1. The lowest BCUT2D eigenvalue weighted by Gasteiger charge is -2.10. The molecule has 23 heavy (non-hydrogen) atoms. The van der Waals surface area contributed by atoms with Gasteiger partial charge < -0.3 is 14.6 Å². The van der Waals surface area contributed by atoms with E-state index in [-0.39, 0.29) is 5.91 Å². The minimum Gasteiger partial charge on any atom is -0.478 e. The van der Waals surface area contributed by atoms with Gasteiger partial charge in [0.1, 0.15) is 4.88 Å². The standard InChI is InChI=1S/C17H17N3O2S/c1-2-22-17-13(6-5-8-18-17)12-19-16(21)15-14(7-11-23-15)20-9-3-4-10-20/h3-11H,2,12H2,1H3,(H,19,21). The van der Waals surface area contributed by atoms with Crippen molar-refractivity contribution in [2.45, 2.75) is 13.5 Å². The number of nitrogens with one attached hydrogen (secondary N) is 1. The smallest absolute Gasteiger partial charge is 0.263 e. The van der Waals surface area contributed by atoms with Crippen molar-refractivity contribution in [3.8, 4) is 11.6 Å². The molecule has 3 rings (SSSR count). The second kappa shape index (κ2) is 7.11. The zero-order valence-corrected chi connectivity index (χ0v) is 13.5. The maximum Gasteiger partial charge on any atom is 0.263 e. The Kier molecular flexibility index (Phi) is 4.73. The molecule has 0 aliphatic carbocycles. The van der Waals surface area contributed by atoms with Crippen molar-refractivity contribution in [3.63, 3.8) is 0 Å². The van der Waals surface area contributed by atoms with Crippen molar-refractivity contribution in [1.82, 2.24) is 14.9 Å². The van der Waals surface area contributed by atoms with Crippen LogP contribution in [0.5, 0.6) is 5.88 Å². The van der Waals surface area contributed by atoms with Crippen LogP contribution < -0.4 is 10.1 Å². The van der Waals surface area contributed by atoms with Gasteiger partial charge in [0.05, 0.1) is 12.3 Å². The van der Waals surface area contributed by atoms with E-state index in [9.17, 15) is 4.79 Å². The number of carbonyl (C=O) groups is 1. The first-order chi connectivity index (χ1) is 11.3. The van der Waals surface area contributed by atoms with Crippen LogP contribution in [0.25, 0.3) is 5.69 Å². The third-order valence-electron chi connectivity index (χ3n) is 3.30. The number of ether oxygens (including phenoxy) is 1. The molecule has 0 fully saturated rings. The van der Waals surface area contributed by atoms with Crippen LogP contribution >= 0.6 is 11.3 Å². The molecule has 0 bridgehead atoms. The molecule has 5 nitrogen and oxygen atoms in total. The van der Waals surface area contributed by atoms with Gasteiger partial charge in [0.25, 0.3) is 5.91 Å². The minimum atomic E-state index is -0.102. The molecule has 0 atom stereocenters. The molecule has 0 radical (unpaired) electrons. The van der Waals surface area contributed by atoms with Crippen LogP contribution in [0.1, 0.15) is 22.2 Å². The molecule has 1 N–H and O–H groups in total. The van der Waals surface area contributed by atoms with Crippen LogP contribution in [-0.4, -0.2) is 22.1 Å². The summed E-state index contributed by atoms with van der Waals surface area (Å²) in [7, 11) is 0. The molecule has 1 amide bonds. The Bertz CT molecular complexity index is 781. The van der Waals surface area contributed by atoms with E-state index in [2.05, 4.69) is 10.3 Å². The van der Waals surface area contributed by atoms with Crippen molar-refractivity contribution < 1.29 is 9.53 Å². The molecule has 118 valence electrons. The summed E-state index contributed by atoms with van der Waals surface area (Å²) in [4.78, 5) is 17.4. The van der Waals surface area contributed by atoms with Crippen molar-refractivity contribution in [2.75, 3.05) is 6.61 Å². The van der Waals surface area contributed by atoms with Crippen molar-refractivity contribution in [3.05, 3.63) is 64.7 Å².